The van der Waals surface area contributed by atoms with Gasteiger partial charge in [0.1, 0.15) is 35.1 Å². The Morgan fingerprint density at radius 1 is 0.472 bits per heavy atom. The van der Waals surface area contributed by atoms with E-state index in [4.69, 9.17) is 33.9 Å². The lowest BCUT2D eigenvalue weighted by molar-refractivity contribution is -0.132. The largest absolute Gasteiger partial charge is 0.444 e. The van der Waals surface area contributed by atoms with Gasteiger partial charge in [-0.1, -0.05) is 59.8 Å². The van der Waals surface area contributed by atoms with Crippen LogP contribution in [0, 0.1) is 35.5 Å². The first-order valence-electron chi connectivity index (χ1n) is 41.0. The van der Waals surface area contributed by atoms with Gasteiger partial charge >= 0.3 is 6.09 Å². The zero-order valence-electron chi connectivity index (χ0n) is 71.8. The monoisotopic (exact) mass is 1670 g/mol. The maximum Gasteiger partial charge on any atom is 0.410 e. The van der Waals surface area contributed by atoms with E-state index >= 15 is 0 Å². The van der Waals surface area contributed by atoms with Crippen LogP contribution in [0.25, 0.3) is 0 Å². The van der Waals surface area contributed by atoms with Crippen molar-refractivity contribution in [2.45, 2.75) is 84.5 Å². The van der Waals surface area contributed by atoms with E-state index in [1.165, 1.54) is 39.6 Å². The number of nitrogens with zero attached hydrogens (tertiary/aromatic N) is 15. The highest BCUT2D eigenvalue weighted by Crippen LogP contribution is 2.25. The van der Waals surface area contributed by atoms with Gasteiger partial charge in [-0.25, -0.2) is 19.7 Å². The summed E-state index contributed by atoms with van der Waals surface area (Å²) in [6, 6.07) is 32.3. The summed E-state index contributed by atoms with van der Waals surface area (Å²) in [5.74, 6) is 22.3. The van der Waals surface area contributed by atoms with Crippen LogP contribution in [0.15, 0.2) is 177 Å². The number of rotatable bonds is 27. The molecule has 0 saturated carbocycles. The van der Waals surface area contributed by atoms with E-state index in [-0.39, 0.29) is 29.7 Å². The van der Waals surface area contributed by atoms with Crippen LogP contribution < -0.4 is 51.9 Å². The maximum absolute atomic E-state index is 12.9. The minimum absolute atomic E-state index is 0.0994. The number of pyridine rings is 3. The smallest absolute Gasteiger partial charge is 0.410 e. The van der Waals surface area contributed by atoms with Gasteiger partial charge in [-0.2, -0.15) is 15.0 Å². The van der Waals surface area contributed by atoms with Gasteiger partial charge in [0.25, 0.3) is 0 Å². The minimum atomic E-state index is -0.741. The molecule has 0 aliphatic carbocycles. The van der Waals surface area contributed by atoms with Crippen LogP contribution in [0.3, 0.4) is 0 Å². The van der Waals surface area contributed by atoms with E-state index in [9.17, 15) is 24.0 Å². The van der Waals surface area contributed by atoms with Crippen LogP contribution >= 0.6 is 0 Å². The summed E-state index contributed by atoms with van der Waals surface area (Å²) in [7, 11) is 8.75. The summed E-state index contributed by atoms with van der Waals surface area (Å²) >= 11 is 0. The molecule has 0 spiro atoms. The van der Waals surface area contributed by atoms with Crippen LogP contribution in [0.2, 0.25) is 0 Å². The summed E-state index contributed by atoms with van der Waals surface area (Å²) in [6.07, 6.45) is 21.2. The Morgan fingerprint density at radius 2 is 0.805 bits per heavy atom. The zero-order valence-corrected chi connectivity index (χ0v) is 71.8. The van der Waals surface area contributed by atoms with Crippen molar-refractivity contribution < 1.29 is 42.9 Å². The number of aromatic nitrogens is 9. The van der Waals surface area contributed by atoms with Crippen molar-refractivity contribution in [1.29, 1.82) is 0 Å². The summed E-state index contributed by atoms with van der Waals surface area (Å²) < 4.78 is 22.0. The molecule has 123 heavy (non-hydrogen) atoms. The van der Waals surface area contributed by atoms with Crippen molar-refractivity contribution in [3.63, 3.8) is 0 Å². The second kappa shape index (κ2) is 47.5. The van der Waals surface area contributed by atoms with E-state index in [1.807, 2.05) is 111 Å². The lowest BCUT2D eigenvalue weighted by Crippen LogP contribution is -2.45. The summed E-state index contributed by atoms with van der Waals surface area (Å²) in [5.41, 5.74) is 9.14. The van der Waals surface area contributed by atoms with Crippen molar-refractivity contribution in [3.8, 4) is 35.5 Å². The SMILES string of the molecule is CN[C@@H](C)C(=O)Nc1cccc(C#Cc2cnc(NCCc3ccncc3)nc2N2CCOCC2)c1.C[C@@H](C(=O)Nc1cccc(C#Cc2cnc(NCCc3ccncc3)nc2N2CCOCC2)c1)N(C)C(=O)/C=C/CN(C)C.C[C@@H](C(=O)Nc1cccc(C#Cc2cnc(NCCc3ccncc3)nc2N2CCOCC2)c1)N(C)C(=O)OC(C)(C)C. The highest BCUT2D eigenvalue weighted by atomic mass is 16.6. The normalized spacial score (nSPS) is 13.8. The summed E-state index contributed by atoms with van der Waals surface area (Å²) in [4.78, 5) is 114. The molecule has 31 heteroatoms. The third-order valence-electron chi connectivity index (χ3n) is 19.5. The fourth-order valence-corrected chi connectivity index (χ4v) is 12.1. The number of nitrogens with one attached hydrogen (secondary N) is 7. The molecule has 31 nitrogen and oxygen atoms in total. The molecule has 3 aliphatic rings. The molecule has 3 atom stereocenters. The van der Waals surface area contributed by atoms with Crippen LogP contribution in [0.4, 0.5) is 57.2 Å². The fourth-order valence-electron chi connectivity index (χ4n) is 12.1. The first-order valence-corrected chi connectivity index (χ1v) is 41.0. The molecule has 0 radical (unpaired) electrons. The van der Waals surface area contributed by atoms with Gasteiger partial charge in [-0.05, 0) is 190 Å². The second-order valence-electron chi connectivity index (χ2n) is 30.2. The molecule has 7 N–H and O–H groups in total. The van der Waals surface area contributed by atoms with Gasteiger partial charge in [0, 0.05) is 157 Å². The third-order valence-corrected chi connectivity index (χ3v) is 19.5. The predicted molar refractivity (Wildman–Crippen MR) is 480 cm³/mol. The molecule has 642 valence electrons. The number of amides is 5. The number of hydrogen-bond donors (Lipinski definition) is 7. The van der Waals surface area contributed by atoms with Gasteiger partial charge in [0.05, 0.1) is 81.0 Å². The Morgan fingerprint density at radius 3 is 1.13 bits per heavy atom. The summed E-state index contributed by atoms with van der Waals surface area (Å²) in [5, 5.41) is 21.6. The Balaban J connectivity index is 0.000000194. The molecule has 3 fully saturated rings. The molecule has 9 aromatic rings. The maximum atomic E-state index is 12.9. The number of anilines is 9. The Labute approximate surface area is 720 Å². The van der Waals surface area contributed by atoms with Crippen LogP contribution in [-0.4, -0.2) is 253 Å². The number of hydrogen-bond acceptors (Lipinski definition) is 26. The van der Waals surface area contributed by atoms with Crippen LogP contribution in [0.1, 0.15) is 91.6 Å². The quantitative estimate of drug-likeness (QED) is 0.0186. The van der Waals surface area contributed by atoms with Gasteiger partial charge < -0.3 is 80.7 Å². The van der Waals surface area contributed by atoms with Crippen molar-refractivity contribution in [1.82, 2.24) is 64.9 Å². The van der Waals surface area contributed by atoms with Crippen molar-refractivity contribution in [2.75, 3.05) is 187 Å². The lowest BCUT2D eigenvalue weighted by atomic mass is 10.1. The van der Waals surface area contributed by atoms with E-state index in [2.05, 4.69) is 117 Å². The highest BCUT2D eigenvalue weighted by Gasteiger charge is 2.28. The van der Waals surface area contributed by atoms with E-state index < -0.39 is 23.8 Å². The minimum Gasteiger partial charge on any atom is -0.444 e. The van der Waals surface area contributed by atoms with Gasteiger partial charge in [0.15, 0.2) is 0 Å². The molecule has 3 saturated heterocycles. The van der Waals surface area contributed by atoms with Gasteiger partial charge in [-0.15, -0.1) is 0 Å². The molecule has 5 amide bonds. The zero-order chi connectivity index (χ0) is 87.3. The topological polar surface area (TPSA) is 342 Å². The molecule has 12 rings (SSSR count). The van der Waals surface area contributed by atoms with Crippen LogP contribution in [-0.2, 0) is 57.4 Å². The summed E-state index contributed by atoms with van der Waals surface area (Å²) in [6.45, 7) is 21.3. The molecule has 3 aromatic carbocycles. The Bertz CT molecular complexity index is 5180. The molecule has 0 bridgehead atoms. The first kappa shape index (κ1) is 91.8. The van der Waals surface area contributed by atoms with Gasteiger partial charge in [-0.3, -0.25) is 39.0 Å². The number of benzene rings is 3. The number of morpholine rings is 3. The van der Waals surface area contributed by atoms with Gasteiger partial charge in [0.2, 0.25) is 41.5 Å². The molecule has 6 aromatic heterocycles. The average Bonchev–Trinajstić information content (AvgIpc) is 0.830. The van der Waals surface area contributed by atoms with Crippen molar-refractivity contribution in [2.24, 2.45) is 0 Å². The number of carbonyl (C=O) groups excluding carboxylic acids is 5. The number of carbonyl (C=O) groups is 5. The fraction of sp³-hybridized carbons (Fsp3) is 0.370. The Kier molecular flexibility index (Phi) is 35.5. The number of ether oxygens (including phenoxy) is 4. The first-order chi connectivity index (χ1) is 59.5. The van der Waals surface area contributed by atoms with Crippen molar-refractivity contribution in [3.05, 3.63) is 227 Å². The molecule has 9 heterocycles. The Hall–Kier alpha value is -13.5. The van der Waals surface area contributed by atoms with E-state index in [0.29, 0.717) is 144 Å². The molecule has 0 unspecified atom stereocenters. The average molecular weight is 1670 g/mol. The predicted octanol–water partition coefficient (Wildman–Crippen LogP) is 8.93. The van der Waals surface area contributed by atoms with E-state index in [1.54, 1.807) is 135 Å². The standard InChI is InChI=1S/C33H40N8O3.C32H39N7O4.C27H31N7O2/c1-25(40(4)30(42)9-6-18-39(2)3)32(43)37-29-8-5-7-27(23-29)10-11-28-24-36-33(35-17-14-26-12-15-34-16-13-26)38-31(28)41-19-21-44-22-20-41;1-23(38(5)31(41)43-32(2,3)4)29(40)36-27-8-6-7-25(21-27)9-10-26-22-35-30(34-16-13-24-11-14-33-15-12-24)37-28(26)39-17-19-42-20-18-39;1-20(28-2)26(35)32-24-5-3-4-22(18-24)6-7-23-19-31-27(30-13-10-21-8-11-29-12-9-21)33-25(23)34-14-16-36-17-15-34/h5-9,12-13,15-16,23-25H,14,17-22H2,1-4H3,(H,37,43)(H,35,36,38);6-8,11-12,14-15,21-23H,13,16-20H2,1-5H3,(H,36,40)(H,34,35,37);3-5,8-9,11-12,18-20,28H,10,13-17H2,1-2H3,(H,32,35)(H,30,31,33)/b9-6+;;/t25-;23-;20-/m000/s1. The van der Waals surface area contributed by atoms with Crippen LogP contribution in [0.5, 0.6) is 0 Å². The number of likely N-dealkylation sites (N-methyl/N-ethyl adjacent to an activating group) is 4. The molecular formula is C92H110N22O9. The van der Waals surface area contributed by atoms with Crippen molar-refractivity contribution >= 4 is 82.1 Å². The third kappa shape index (κ3) is 30.3. The van der Waals surface area contributed by atoms with E-state index in [0.717, 1.165) is 66.5 Å². The molecular weight excluding hydrogens is 1560 g/mol. The second-order valence-corrected chi connectivity index (χ2v) is 30.2. The highest BCUT2D eigenvalue weighted by molar-refractivity contribution is 5.99. The lowest BCUT2D eigenvalue weighted by Gasteiger charge is -2.28. The molecule has 3 aliphatic heterocycles.